The molecule has 2 N–H and O–H groups in total. The number of nitrogens with zero attached hydrogens (tertiary/aromatic N) is 5. The van der Waals surface area contributed by atoms with Gasteiger partial charge < -0.3 is 19.7 Å². The fourth-order valence-electron chi connectivity index (χ4n) is 4.56. The van der Waals surface area contributed by atoms with Crippen LogP contribution >= 0.6 is 11.6 Å². The zero-order valence-corrected chi connectivity index (χ0v) is 21.2. The summed E-state index contributed by atoms with van der Waals surface area (Å²) in [6.07, 6.45) is 5.96. The lowest BCUT2D eigenvalue weighted by atomic mass is 9.82. The Morgan fingerprint density at radius 2 is 2.13 bits per heavy atom. The van der Waals surface area contributed by atoms with Gasteiger partial charge in [0.15, 0.2) is 5.69 Å². The van der Waals surface area contributed by atoms with Crippen molar-refractivity contribution in [3.05, 3.63) is 86.9 Å². The third-order valence-corrected chi connectivity index (χ3v) is 6.92. The maximum atomic E-state index is 14.4. The maximum absolute atomic E-state index is 14.4. The number of hydrogen-bond donors (Lipinski definition) is 2. The van der Waals surface area contributed by atoms with Crippen molar-refractivity contribution in [2.24, 2.45) is 13.0 Å². The molecule has 11 nitrogen and oxygen atoms in total. The number of carbonyl (C=O) groups excluding carboxylic acids is 1. The van der Waals surface area contributed by atoms with Gasteiger partial charge in [0.25, 0.3) is 11.5 Å². The second-order valence-corrected chi connectivity index (χ2v) is 9.64. The van der Waals surface area contributed by atoms with Crippen molar-refractivity contribution in [3.63, 3.8) is 0 Å². The lowest BCUT2D eigenvalue weighted by Gasteiger charge is -2.27. The summed E-state index contributed by atoms with van der Waals surface area (Å²) in [5, 5.41) is 21.2. The van der Waals surface area contributed by atoms with E-state index in [0.29, 0.717) is 41.8 Å². The molecule has 5 rings (SSSR count). The zero-order valence-electron chi connectivity index (χ0n) is 20.5. The molecule has 38 heavy (non-hydrogen) atoms. The molecule has 1 aromatic carbocycles. The van der Waals surface area contributed by atoms with Crippen LogP contribution in [0, 0.1) is 11.7 Å². The van der Waals surface area contributed by atoms with Crippen LogP contribution in [0.3, 0.4) is 0 Å². The molecule has 0 spiro atoms. The van der Waals surface area contributed by atoms with Gasteiger partial charge >= 0.3 is 0 Å². The highest BCUT2D eigenvalue weighted by Crippen LogP contribution is 2.41. The summed E-state index contributed by atoms with van der Waals surface area (Å²) in [6, 6.07) is 4.05. The number of halogens is 2. The number of anilines is 1. The van der Waals surface area contributed by atoms with Gasteiger partial charge in [0.2, 0.25) is 5.75 Å². The molecule has 198 valence electrons. The molecule has 4 heterocycles. The van der Waals surface area contributed by atoms with Gasteiger partial charge in [-0.25, -0.2) is 9.37 Å². The van der Waals surface area contributed by atoms with Gasteiger partial charge in [-0.3, -0.25) is 18.8 Å². The Labute approximate surface area is 220 Å². The van der Waals surface area contributed by atoms with Gasteiger partial charge in [0.1, 0.15) is 23.6 Å². The van der Waals surface area contributed by atoms with E-state index in [-0.39, 0.29) is 11.5 Å². The third kappa shape index (κ3) is 4.92. The quantitative estimate of drug-likeness (QED) is 0.346. The summed E-state index contributed by atoms with van der Waals surface area (Å²) in [5.41, 5.74) is 0.106. The van der Waals surface area contributed by atoms with Crippen molar-refractivity contribution in [1.29, 1.82) is 0 Å². The average molecular weight is 543 g/mol. The Bertz CT molecular complexity index is 1530. The summed E-state index contributed by atoms with van der Waals surface area (Å²) in [7, 11) is 1.44. The van der Waals surface area contributed by atoms with Gasteiger partial charge in [-0.05, 0) is 29.3 Å². The molecule has 1 fully saturated rings. The summed E-state index contributed by atoms with van der Waals surface area (Å²) in [5.74, 6) is -2.81. The normalized spacial score (nSPS) is 15.2. The molecule has 3 aromatic heterocycles. The van der Waals surface area contributed by atoms with Gasteiger partial charge in [0.05, 0.1) is 25.6 Å². The Morgan fingerprint density at radius 1 is 1.34 bits per heavy atom. The second-order valence-electron chi connectivity index (χ2n) is 9.23. The molecule has 1 aliphatic rings. The Balaban J connectivity index is 1.58. The van der Waals surface area contributed by atoms with E-state index in [2.05, 4.69) is 20.6 Å². The Morgan fingerprint density at radius 3 is 2.82 bits per heavy atom. The van der Waals surface area contributed by atoms with Crippen LogP contribution in [-0.4, -0.2) is 48.7 Å². The highest BCUT2D eigenvalue weighted by Gasteiger charge is 2.32. The molecule has 1 saturated heterocycles. The molecule has 0 aliphatic carbocycles. The van der Waals surface area contributed by atoms with Crippen molar-refractivity contribution in [3.8, 4) is 5.75 Å². The molecule has 13 heteroatoms. The smallest absolute Gasteiger partial charge is 0.296 e. The standard InChI is InChI=1S/C25H24ClFN6O5/c1-13(23-31-21(22(34)25(36)32(23)2)24(35)30-17-7-29-38-12-17)20(18-5-16(27)3-4-19(18)26)15-6-28-33(9-15)8-14-10-37-11-14/h3-7,9,12-14,20,34H,8,10-11H2,1-2H3,(H,30,35)/t13-,20+/m1/s1. The van der Waals surface area contributed by atoms with E-state index in [1.165, 1.54) is 37.7 Å². The lowest BCUT2D eigenvalue weighted by molar-refractivity contribution is -0.0408. The molecule has 0 saturated carbocycles. The monoisotopic (exact) mass is 542 g/mol. The largest absolute Gasteiger partial charge is 0.501 e. The van der Waals surface area contributed by atoms with Crippen LogP contribution in [0.1, 0.15) is 46.2 Å². The predicted octanol–water partition coefficient (Wildman–Crippen LogP) is 3.30. The first kappa shape index (κ1) is 25.6. The van der Waals surface area contributed by atoms with Gasteiger partial charge in [0, 0.05) is 42.6 Å². The number of amides is 1. The number of hydrogen-bond acceptors (Lipinski definition) is 8. The first-order valence-corrected chi connectivity index (χ1v) is 12.2. The zero-order chi connectivity index (χ0) is 27.0. The van der Waals surface area contributed by atoms with Crippen LogP contribution in [0.25, 0.3) is 0 Å². The van der Waals surface area contributed by atoms with Crippen LogP contribution in [0.15, 0.2) is 52.4 Å². The second kappa shape index (κ2) is 10.4. The summed E-state index contributed by atoms with van der Waals surface area (Å²) < 4.78 is 27.3. The molecule has 0 bridgehead atoms. The van der Waals surface area contributed by atoms with Crippen LogP contribution in [0.5, 0.6) is 5.75 Å². The molecule has 4 aromatic rings. The molecule has 0 radical (unpaired) electrons. The minimum absolute atomic E-state index is 0.175. The number of carbonyl (C=O) groups is 1. The molecule has 2 atom stereocenters. The van der Waals surface area contributed by atoms with Gasteiger partial charge in [-0.15, -0.1) is 0 Å². The summed E-state index contributed by atoms with van der Waals surface area (Å²) >= 11 is 6.53. The number of ether oxygens (including phenoxy) is 1. The SMILES string of the molecule is C[C@@H](c1nc(C(=O)Nc2cnoc2)c(O)c(=O)n1C)[C@@H](c1cnn(CC2COC2)c1)c1cc(F)ccc1Cl. The van der Waals surface area contributed by atoms with Crippen molar-refractivity contribution < 1.29 is 23.6 Å². The van der Waals surface area contributed by atoms with Crippen LogP contribution in [0.4, 0.5) is 10.1 Å². The Kier molecular flexibility index (Phi) is 7.00. The first-order valence-electron chi connectivity index (χ1n) is 11.8. The molecule has 1 aliphatic heterocycles. The van der Waals surface area contributed by atoms with E-state index < -0.39 is 40.6 Å². The number of nitrogens with one attached hydrogen (secondary N) is 1. The van der Waals surface area contributed by atoms with E-state index in [1.54, 1.807) is 17.8 Å². The topological polar surface area (TPSA) is 137 Å². The molecule has 0 unspecified atom stereocenters. The van der Waals surface area contributed by atoms with E-state index >= 15 is 0 Å². The minimum Gasteiger partial charge on any atom is -0.501 e. The fourth-order valence-corrected chi connectivity index (χ4v) is 4.80. The van der Waals surface area contributed by atoms with Crippen LogP contribution in [0.2, 0.25) is 5.02 Å². The van der Waals surface area contributed by atoms with Crippen molar-refractivity contribution in [2.45, 2.75) is 25.3 Å². The number of benzene rings is 1. The first-order chi connectivity index (χ1) is 18.2. The highest BCUT2D eigenvalue weighted by atomic mass is 35.5. The molecular formula is C25H24ClFN6O5. The summed E-state index contributed by atoms with van der Waals surface area (Å²) in [6.45, 7) is 3.75. The van der Waals surface area contributed by atoms with Gasteiger partial charge in [-0.2, -0.15) is 5.10 Å². The minimum atomic E-state index is -0.826. The van der Waals surface area contributed by atoms with Crippen molar-refractivity contribution in [1.82, 2.24) is 24.5 Å². The highest BCUT2D eigenvalue weighted by molar-refractivity contribution is 6.31. The fraction of sp³-hybridized carbons (Fsp3) is 0.320. The lowest BCUT2D eigenvalue weighted by Crippen LogP contribution is -2.31. The van der Waals surface area contributed by atoms with E-state index in [9.17, 15) is 19.1 Å². The molecule has 1 amide bonds. The van der Waals surface area contributed by atoms with Crippen molar-refractivity contribution >= 4 is 23.2 Å². The van der Waals surface area contributed by atoms with Crippen LogP contribution < -0.4 is 10.9 Å². The van der Waals surface area contributed by atoms with Crippen LogP contribution in [-0.2, 0) is 18.3 Å². The third-order valence-electron chi connectivity index (χ3n) is 6.57. The van der Waals surface area contributed by atoms with Gasteiger partial charge in [-0.1, -0.05) is 23.7 Å². The van der Waals surface area contributed by atoms with Crippen molar-refractivity contribution in [2.75, 3.05) is 18.5 Å². The Hall–Kier alpha value is -4.03. The molecular weight excluding hydrogens is 519 g/mol. The number of rotatable bonds is 8. The predicted molar refractivity (Wildman–Crippen MR) is 134 cm³/mol. The van der Waals surface area contributed by atoms with E-state index in [4.69, 9.17) is 20.9 Å². The van der Waals surface area contributed by atoms with E-state index in [1.807, 2.05) is 6.20 Å². The average Bonchev–Trinajstić information content (AvgIpc) is 3.54. The maximum Gasteiger partial charge on any atom is 0.296 e. The van der Waals surface area contributed by atoms with E-state index in [0.717, 1.165) is 4.57 Å². The summed E-state index contributed by atoms with van der Waals surface area (Å²) in [4.78, 5) is 30.2. The number of aromatic nitrogens is 5. The number of aromatic hydroxyl groups is 1.